The van der Waals surface area contributed by atoms with E-state index in [1.165, 1.54) is 0 Å². The molecule has 0 rings (SSSR count). The average molecular weight is 129 g/mol. The molecule has 0 aliphatic carbocycles. The third-order valence-corrected chi connectivity index (χ3v) is 0. The molecule has 0 bridgehead atoms. The summed E-state index contributed by atoms with van der Waals surface area (Å²) in [6.07, 6.45) is 0. The fourth-order valence-electron chi connectivity index (χ4n) is 0. The van der Waals surface area contributed by atoms with Crippen molar-refractivity contribution in [3.05, 3.63) is 0 Å². The van der Waals surface area contributed by atoms with Crippen LogP contribution in [-0.4, -0.2) is 61.5 Å². The molecule has 0 fully saturated rings. The predicted molar refractivity (Wildman–Crippen MR) is 30.6 cm³/mol. The van der Waals surface area contributed by atoms with Gasteiger partial charge in [-0.25, -0.2) is 0 Å². The van der Waals surface area contributed by atoms with Gasteiger partial charge in [0, 0.05) is 0 Å². The van der Waals surface area contributed by atoms with E-state index in [-0.39, 0.29) is 61.5 Å². The molecule has 0 aliphatic heterocycles. The molecule has 0 heterocycles. The molecule has 0 aromatic carbocycles. The molecule has 0 saturated heterocycles. The van der Waals surface area contributed by atoms with Crippen LogP contribution >= 0.6 is 0 Å². The molecule has 0 atom stereocenters. The molecule has 4 heteroatoms. The minimum atomic E-state index is 0. The van der Waals surface area contributed by atoms with Gasteiger partial charge in [0.2, 0.25) is 0 Å². The van der Waals surface area contributed by atoms with Crippen molar-refractivity contribution in [2.45, 2.75) is 0 Å². The van der Waals surface area contributed by atoms with E-state index in [9.17, 15) is 0 Å². The minimum absolute atomic E-state index is 0. The topological polar surface area (TPSA) is 31.5 Å². The van der Waals surface area contributed by atoms with Gasteiger partial charge in [0.05, 0.1) is 0 Å². The van der Waals surface area contributed by atoms with Crippen molar-refractivity contribution in [1.82, 2.24) is 0 Å². The second-order valence-corrected chi connectivity index (χ2v) is 0. The molecule has 4 heavy (non-hydrogen) atoms. The fraction of sp³-hybridized carbons (Fsp3) is 0. The van der Waals surface area contributed by atoms with E-state index < -0.39 is 0 Å². The summed E-state index contributed by atoms with van der Waals surface area (Å²) in [5, 5.41) is 0. The molecule has 0 aromatic rings. The van der Waals surface area contributed by atoms with Crippen molar-refractivity contribution in [2.75, 3.05) is 0 Å². The Labute approximate surface area is 61.2 Å². The number of rotatable bonds is 0. The number of hydrogen-bond donors (Lipinski definition) is 0. The first-order chi connectivity index (χ1) is 0. The van der Waals surface area contributed by atoms with Gasteiger partial charge < -0.3 is 5.48 Å². The zero-order valence-electron chi connectivity index (χ0n) is 0.500. The Morgan fingerprint density at radius 2 is 1.00 bits per heavy atom. The average Bonchev–Trinajstić information content (AvgIpc) is 0. The molecule has 0 amide bonds. The van der Waals surface area contributed by atoms with Gasteiger partial charge in [-0.3, -0.25) is 0 Å². The first-order valence-electron chi connectivity index (χ1n) is 0. The Kier molecular flexibility index (Phi) is 236. The molecule has 0 spiro atoms. The van der Waals surface area contributed by atoms with Crippen molar-refractivity contribution in [1.29, 1.82) is 0 Å². The predicted octanol–water partition coefficient (Wildman–Crippen LogP) is -3.84. The Balaban J connectivity index is 0. The van der Waals surface area contributed by atoms with E-state index in [1.807, 2.05) is 0 Å². The van der Waals surface area contributed by atoms with E-state index >= 15 is 0 Å². The summed E-state index contributed by atoms with van der Waals surface area (Å²) in [5.74, 6) is 0. The van der Waals surface area contributed by atoms with Crippen LogP contribution < -0.4 is 0 Å². The van der Waals surface area contributed by atoms with Crippen molar-refractivity contribution in [3.63, 3.8) is 0 Å². The van der Waals surface area contributed by atoms with E-state index in [0.717, 1.165) is 0 Å². The van der Waals surface area contributed by atoms with E-state index in [2.05, 4.69) is 0 Å². The molecule has 2 N–H and O–H groups in total. The summed E-state index contributed by atoms with van der Waals surface area (Å²) in [4.78, 5) is 0. The van der Waals surface area contributed by atoms with Gasteiger partial charge in [0.1, 0.15) is 0 Å². The molecule has 0 radical (unpaired) electrons. The second-order valence-electron chi connectivity index (χ2n) is 0. The van der Waals surface area contributed by atoms with E-state index in [1.54, 1.807) is 0 Å². The van der Waals surface area contributed by atoms with Crippen LogP contribution in [0.5, 0.6) is 0 Å². The normalized spacial score (nSPS) is 0. The quantitative estimate of drug-likeness (QED) is 0.300. The second kappa shape index (κ2) is 22.0. The van der Waals surface area contributed by atoms with Crippen LogP contribution in [0.2, 0.25) is 0 Å². The van der Waals surface area contributed by atoms with Crippen LogP contribution in [0.4, 0.5) is 0 Å². The van der Waals surface area contributed by atoms with Crippen LogP contribution in [0, 0.1) is 0 Å². The van der Waals surface area contributed by atoms with Gasteiger partial charge in [0.15, 0.2) is 17.4 Å². The van der Waals surface area contributed by atoms with E-state index in [4.69, 9.17) is 0 Å². The van der Waals surface area contributed by atoms with Crippen LogP contribution in [0.3, 0.4) is 0 Å². The summed E-state index contributed by atoms with van der Waals surface area (Å²) in [5.41, 5.74) is 0. The van der Waals surface area contributed by atoms with Crippen molar-refractivity contribution < 1.29 is 5.48 Å². The molecule has 0 unspecified atom stereocenters. The third-order valence-electron chi connectivity index (χ3n) is 0. The fourth-order valence-corrected chi connectivity index (χ4v) is 0. The van der Waals surface area contributed by atoms with Crippen LogP contribution in [-0.2, 0) is 0 Å². The molecule has 1 nitrogen and oxygen atoms in total. The molecule has 0 aliphatic rings. The zero-order valence-corrected chi connectivity index (χ0v) is 0.500. The molecule has 0 saturated carbocycles. The monoisotopic (exact) mass is 128 g/mol. The standard InChI is InChI=1S/Al.Ga.Li.H2O.7H/h;;;1H2;;;;;;;. The van der Waals surface area contributed by atoms with Crippen LogP contribution in [0.1, 0.15) is 0 Å². The maximum absolute atomic E-state index is 0. The number of hydrogen-bond acceptors (Lipinski definition) is 0. The summed E-state index contributed by atoms with van der Waals surface area (Å²) >= 11 is 0. The Hall–Kier alpha value is 1.73. The van der Waals surface area contributed by atoms with Gasteiger partial charge in [-0.05, 0) is 0 Å². The van der Waals surface area contributed by atoms with Gasteiger partial charge in [-0.2, -0.15) is 0 Å². The van der Waals surface area contributed by atoms with Gasteiger partial charge >= 0.3 is 38.7 Å². The van der Waals surface area contributed by atoms with Crippen LogP contribution in [0.25, 0.3) is 0 Å². The Morgan fingerprint density at radius 1 is 1.00 bits per heavy atom. The SMILES string of the molecule is O.[AlH3].[GaH3].[LiH]. The summed E-state index contributed by atoms with van der Waals surface area (Å²) < 4.78 is 0. The van der Waals surface area contributed by atoms with Gasteiger partial charge in [-0.15, -0.1) is 0 Å². The van der Waals surface area contributed by atoms with Crippen molar-refractivity contribution in [2.24, 2.45) is 0 Å². The summed E-state index contributed by atoms with van der Waals surface area (Å²) in [7, 11) is 0. The molecule has 22 valence electrons. The first kappa shape index (κ1) is 42.9. The van der Waals surface area contributed by atoms with Crippen molar-refractivity contribution >= 4 is 56.0 Å². The first-order valence-corrected chi connectivity index (χ1v) is 0. The van der Waals surface area contributed by atoms with Gasteiger partial charge in [0.25, 0.3) is 0 Å². The van der Waals surface area contributed by atoms with Crippen molar-refractivity contribution in [3.8, 4) is 0 Å². The summed E-state index contributed by atoms with van der Waals surface area (Å²) in [6.45, 7) is 0. The van der Waals surface area contributed by atoms with Crippen LogP contribution in [0.15, 0.2) is 0 Å². The van der Waals surface area contributed by atoms with Gasteiger partial charge in [-0.1, -0.05) is 0 Å². The third kappa shape index (κ3) is 9.29. The molecular formula is H9AlGaLiO. The zero-order chi connectivity index (χ0) is 0. The summed E-state index contributed by atoms with van der Waals surface area (Å²) in [6, 6.07) is 0. The Morgan fingerprint density at radius 3 is 1.00 bits per heavy atom. The van der Waals surface area contributed by atoms with E-state index in [0.29, 0.717) is 0 Å². The molecular weight excluding hydrogens is 120 g/mol. The maximum atomic E-state index is 0. The Bertz CT molecular complexity index is 8.00. The molecule has 0 aromatic heterocycles.